The maximum atomic E-state index is 13.2. The molecule has 2 aliphatic rings. The van der Waals surface area contributed by atoms with E-state index >= 15 is 0 Å². The molecule has 0 spiro atoms. The van der Waals surface area contributed by atoms with Gasteiger partial charge in [-0.1, -0.05) is 19.1 Å². The first-order valence-electron chi connectivity index (χ1n) is 9.65. The van der Waals surface area contributed by atoms with Gasteiger partial charge in [-0.15, -0.1) is 0 Å². The number of nitrogens with one attached hydrogen (secondary N) is 1. The van der Waals surface area contributed by atoms with Crippen LogP contribution in [-0.4, -0.2) is 22.8 Å². The second-order valence-corrected chi connectivity index (χ2v) is 7.91. The van der Waals surface area contributed by atoms with Gasteiger partial charge in [-0.05, 0) is 67.7 Å². The number of carbonyl (C=O) groups excluding carboxylic acids is 2. The smallest absolute Gasteiger partial charge is 0.355 e. The Hall–Kier alpha value is -2.43. The average molecular weight is 369 g/mol. The first-order valence-corrected chi connectivity index (χ1v) is 9.65. The zero-order valence-electron chi connectivity index (χ0n) is 15.7. The lowest BCUT2D eigenvalue weighted by atomic mass is 9.81. The predicted molar refractivity (Wildman–Crippen MR) is 99.5 cm³/mol. The zero-order valence-corrected chi connectivity index (χ0v) is 15.7. The van der Waals surface area contributed by atoms with E-state index in [1.54, 1.807) is 19.1 Å². The van der Waals surface area contributed by atoms with Gasteiger partial charge in [-0.3, -0.25) is 4.79 Å². The van der Waals surface area contributed by atoms with Gasteiger partial charge in [0, 0.05) is 17.7 Å². The van der Waals surface area contributed by atoms with Crippen molar-refractivity contribution in [2.24, 2.45) is 5.92 Å². The Morgan fingerprint density at radius 1 is 1.19 bits per heavy atom. The van der Waals surface area contributed by atoms with E-state index in [-0.39, 0.29) is 29.6 Å². The Bertz CT molecular complexity index is 884. The van der Waals surface area contributed by atoms with Crippen LogP contribution in [0.1, 0.15) is 76.2 Å². The third kappa shape index (κ3) is 3.31. The number of halogens is 1. The van der Waals surface area contributed by atoms with Crippen LogP contribution in [0, 0.1) is 18.7 Å². The summed E-state index contributed by atoms with van der Waals surface area (Å²) >= 11 is 0. The van der Waals surface area contributed by atoms with Crippen LogP contribution in [0.5, 0.6) is 0 Å². The summed E-state index contributed by atoms with van der Waals surface area (Å²) in [6, 6.07) is 6.29. The number of esters is 1. The molecule has 3 atom stereocenters. The first-order chi connectivity index (χ1) is 12.9. The minimum absolute atomic E-state index is 0.0117. The molecule has 1 N–H and O–H groups in total. The summed E-state index contributed by atoms with van der Waals surface area (Å²) in [5, 5.41) is 0. The molecule has 0 radical (unpaired) electrons. The average Bonchev–Trinajstić information content (AvgIpc) is 3.19. The van der Waals surface area contributed by atoms with E-state index in [1.807, 2.05) is 0 Å². The molecule has 4 rings (SSSR count). The molecule has 0 unspecified atom stereocenters. The second kappa shape index (κ2) is 6.95. The molecule has 0 bridgehead atoms. The van der Waals surface area contributed by atoms with Crippen molar-refractivity contribution in [3.8, 4) is 0 Å². The Kier molecular flexibility index (Phi) is 4.62. The Balaban J connectivity index is 1.58. The fourth-order valence-electron chi connectivity index (χ4n) is 4.49. The van der Waals surface area contributed by atoms with E-state index < -0.39 is 0 Å². The van der Waals surface area contributed by atoms with Crippen LogP contribution in [-0.2, 0) is 11.2 Å². The lowest BCUT2D eigenvalue weighted by Gasteiger charge is -2.22. The van der Waals surface area contributed by atoms with Crippen LogP contribution in [0.4, 0.5) is 4.39 Å². The van der Waals surface area contributed by atoms with E-state index in [9.17, 15) is 14.0 Å². The highest BCUT2D eigenvalue weighted by atomic mass is 19.1. The largest absolute Gasteiger partial charge is 0.457 e. The summed E-state index contributed by atoms with van der Waals surface area (Å²) in [5.41, 5.74) is 3.42. The summed E-state index contributed by atoms with van der Waals surface area (Å²) in [4.78, 5) is 28.6. The third-order valence-corrected chi connectivity index (χ3v) is 6.08. The Labute approximate surface area is 158 Å². The molecule has 1 heterocycles. The summed E-state index contributed by atoms with van der Waals surface area (Å²) in [7, 11) is 0. The van der Waals surface area contributed by atoms with Crippen LogP contribution >= 0.6 is 0 Å². The molecule has 0 saturated heterocycles. The van der Waals surface area contributed by atoms with E-state index in [0.29, 0.717) is 35.6 Å². The van der Waals surface area contributed by atoms with Crippen LogP contribution < -0.4 is 0 Å². The van der Waals surface area contributed by atoms with Crippen molar-refractivity contribution >= 4 is 11.8 Å². The highest BCUT2D eigenvalue weighted by Gasteiger charge is 2.34. The molecule has 1 saturated carbocycles. The van der Waals surface area contributed by atoms with Gasteiger partial charge >= 0.3 is 5.97 Å². The van der Waals surface area contributed by atoms with Crippen molar-refractivity contribution in [1.82, 2.24) is 4.98 Å². The van der Waals surface area contributed by atoms with E-state index in [0.717, 1.165) is 30.5 Å². The number of hydrogen-bond donors (Lipinski definition) is 1. The number of hydrogen-bond acceptors (Lipinski definition) is 3. The van der Waals surface area contributed by atoms with E-state index in [2.05, 4.69) is 11.9 Å². The van der Waals surface area contributed by atoms with Gasteiger partial charge in [0.15, 0.2) is 5.78 Å². The molecule has 142 valence electrons. The number of fused-ring (bicyclic) bond motifs is 1. The van der Waals surface area contributed by atoms with Crippen molar-refractivity contribution in [2.75, 3.05) is 0 Å². The quantitative estimate of drug-likeness (QED) is 0.797. The van der Waals surface area contributed by atoms with Crippen molar-refractivity contribution in [2.45, 2.75) is 58.0 Å². The molecule has 2 aromatic rings. The van der Waals surface area contributed by atoms with Gasteiger partial charge in [-0.2, -0.15) is 0 Å². The summed E-state index contributed by atoms with van der Waals surface area (Å²) in [6.45, 7) is 3.91. The predicted octanol–water partition coefficient (Wildman–Crippen LogP) is 4.72. The number of aromatic nitrogens is 1. The molecule has 1 aromatic carbocycles. The van der Waals surface area contributed by atoms with E-state index in [4.69, 9.17) is 4.74 Å². The van der Waals surface area contributed by atoms with E-state index in [1.165, 1.54) is 12.1 Å². The van der Waals surface area contributed by atoms with Crippen LogP contribution in [0.25, 0.3) is 0 Å². The molecule has 2 aliphatic carbocycles. The van der Waals surface area contributed by atoms with Crippen molar-refractivity contribution in [1.29, 1.82) is 0 Å². The molecule has 0 aliphatic heterocycles. The number of H-pyrrole nitrogens is 1. The lowest BCUT2D eigenvalue weighted by Crippen LogP contribution is -2.21. The summed E-state index contributed by atoms with van der Waals surface area (Å²) in [5.74, 6) is -0.270. The van der Waals surface area contributed by atoms with Gasteiger partial charge < -0.3 is 9.72 Å². The van der Waals surface area contributed by atoms with Gasteiger partial charge in [0.1, 0.15) is 17.6 Å². The van der Waals surface area contributed by atoms with Crippen molar-refractivity contribution in [3.63, 3.8) is 0 Å². The number of Topliss-reactive ketones (excluding diaryl/α,β-unsaturated/α-hetero) is 1. The highest BCUT2D eigenvalue weighted by Crippen LogP contribution is 2.36. The number of carbonyl (C=O) groups is 2. The number of aromatic amines is 1. The van der Waals surface area contributed by atoms with Crippen LogP contribution in [0.15, 0.2) is 24.3 Å². The summed E-state index contributed by atoms with van der Waals surface area (Å²) < 4.78 is 18.9. The van der Waals surface area contributed by atoms with Gasteiger partial charge in [0.25, 0.3) is 0 Å². The van der Waals surface area contributed by atoms with Crippen molar-refractivity contribution in [3.05, 3.63) is 58.2 Å². The van der Waals surface area contributed by atoms with Gasteiger partial charge in [-0.25, -0.2) is 9.18 Å². The minimum Gasteiger partial charge on any atom is -0.457 e. The maximum absolute atomic E-state index is 13.2. The normalized spacial score (nSPS) is 24.7. The van der Waals surface area contributed by atoms with Crippen LogP contribution in [0.3, 0.4) is 0 Å². The molecule has 5 heteroatoms. The fourth-order valence-corrected chi connectivity index (χ4v) is 4.49. The molecule has 1 fully saturated rings. The third-order valence-electron chi connectivity index (χ3n) is 6.08. The molecule has 1 aromatic heterocycles. The molecular formula is C22H24FNO3. The molecule has 0 amide bonds. The number of benzene rings is 1. The Morgan fingerprint density at radius 2 is 1.93 bits per heavy atom. The molecule has 4 nitrogen and oxygen atoms in total. The minimum atomic E-state index is -0.369. The van der Waals surface area contributed by atoms with Gasteiger partial charge in [0.05, 0.1) is 0 Å². The SMILES string of the molecule is Cc1c(C(=O)O[C@@H]2CCC[C@@H]2C)[nH]c2c1C(=O)C[C@@H](c1ccc(F)cc1)C2. The number of ether oxygens (including phenoxy) is 1. The highest BCUT2D eigenvalue weighted by molar-refractivity contribution is 6.03. The topological polar surface area (TPSA) is 59.2 Å². The summed E-state index contributed by atoms with van der Waals surface area (Å²) in [6.07, 6.45) is 4.01. The zero-order chi connectivity index (χ0) is 19.1. The Morgan fingerprint density at radius 3 is 2.59 bits per heavy atom. The lowest BCUT2D eigenvalue weighted by molar-refractivity contribution is 0.0219. The molecule has 27 heavy (non-hydrogen) atoms. The molecular weight excluding hydrogens is 345 g/mol. The first kappa shape index (κ1) is 18.0. The van der Waals surface area contributed by atoms with Gasteiger partial charge in [0.2, 0.25) is 0 Å². The second-order valence-electron chi connectivity index (χ2n) is 7.91. The number of rotatable bonds is 3. The maximum Gasteiger partial charge on any atom is 0.355 e. The standard InChI is InChI=1S/C22H24FNO3/c1-12-4-3-5-19(12)27-22(26)21-13(2)20-17(24-21)10-15(11-18(20)25)14-6-8-16(23)9-7-14/h6-9,12,15,19,24H,3-5,10-11H2,1-2H3/t12-,15-,19+/m0/s1. The van der Waals surface area contributed by atoms with Crippen molar-refractivity contribution < 1.29 is 18.7 Å². The fraction of sp³-hybridized carbons (Fsp3) is 0.455. The number of ketones is 1. The monoisotopic (exact) mass is 369 g/mol. The van der Waals surface area contributed by atoms with Crippen LogP contribution in [0.2, 0.25) is 0 Å².